The van der Waals surface area contributed by atoms with Crippen molar-refractivity contribution < 1.29 is 4.74 Å². The lowest BCUT2D eigenvalue weighted by Crippen LogP contribution is -2.20. The highest BCUT2D eigenvalue weighted by atomic mass is 16.5. The molecule has 1 aliphatic rings. The Hall–Kier alpha value is -1.95. The van der Waals surface area contributed by atoms with E-state index in [4.69, 9.17) is 10.5 Å². The second-order valence-corrected chi connectivity index (χ2v) is 4.22. The number of para-hydroxylation sites is 1. The van der Waals surface area contributed by atoms with Crippen LogP contribution in [-0.4, -0.2) is 0 Å². The van der Waals surface area contributed by atoms with Gasteiger partial charge in [0.1, 0.15) is 11.8 Å². The number of hydrogen-bond acceptors (Lipinski definition) is 3. The van der Waals surface area contributed by atoms with E-state index in [1.165, 1.54) is 0 Å². The lowest BCUT2D eigenvalue weighted by atomic mass is 9.85. The predicted molar refractivity (Wildman–Crippen MR) is 66.2 cm³/mol. The van der Waals surface area contributed by atoms with Crippen LogP contribution in [0, 0.1) is 11.3 Å². The fourth-order valence-electron chi connectivity index (χ4n) is 2.20. The maximum absolute atomic E-state index is 9.19. The van der Waals surface area contributed by atoms with Gasteiger partial charge in [-0.05, 0) is 12.5 Å². The summed E-state index contributed by atoms with van der Waals surface area (Å²) in [4.78, 5) is 0. The Kier molecular flexibility index (Phi) is 3.34. The van der Waals surface area contributed by atoms with Gasteiger partial charge in [-0.3, -0.25) is 0 Å². The number of allylic oxidation sites excluding steroid dienone is 1. The van der Waals surface area contributed by atoms with Crippen molar-refractivity contribution in [3.8, 4) is 11.8 Å². The molecule has 1 atom stereocenters. The number of benzene rings is 1. The van der Waals surface area contributed by atoms with Crippen LogP contribution in [0.1, 0.15) is 37.7 Å². The zero-order valence-corrected chi connectivity index (χ0v) is 9.94. The minimum absolute atomic E-state index is 0.0879. The molecule has 0 amide bonds. The monoisotopic (exact) mass is 228 g/mol. The number of nitrogens with zero attached hydrogens (tertiary/aromatic N) is 1. The Labute approximate surface area is 102 Å². The molecule has 1 aliphatic heterocycles. The maximum atomic E-state index is 9.19. The lowest BCUT2D eigenvalue weighted by Gasteiger charge is -2.25. The second kappa shape index (κ2) is 4.92. The zero-order valence-electron chi connectivity index (χ0n) is 9.94. The molecular formula is C14H16N2O. The summed E-state index contributed by atoms with van der Waals surface area (Å²) in [5, 5.41) is 9.19. The molecule has 2 rings (SSSR count). The fraction of sp³-hybridized carbons (Fsp3) is 0.357. The molecule has 0 aromatic heterocycles. The Morgan fingerprint density at radius 1 is 1.41 bits per heavy atom. The Morgan fingerprint density at radius 2 is 2.18 bits per heavy atom. The maximum Gasteiger partial charge on any atom is 0.205 e. The van der Waals surface area contributed by atoms with Crippen LogP contribution in [0.25, 0.3) is 0 Å². The van der Waals surface area contributed by atoms with Crippen molar-refractivity contribution in [2.75, 3.05) is 0 Å². The van der Waals surface area contributed by atoms with Crippen LogP contribution in [-0.2, 0) is 0 Å². The highest BCUT2D eigenvalue weighted by Crippen LogP contribution is 2.40. The van der Waals surface area contributed by atoms with Crippen molar-refractivity contribution in [3.05, 3.63) is 41.3 Å². The molecule has 17 heavy (non-hydrogen) atoms. The average molecular weight is 228 g/mol. The first kappa shape index (κ1) is 11.5. The van der Waals surface area contributed by atoms with Crippen LogP contribution in [0.15, 0.2) is 35.7 Å². The van der Waals surface area contributed by atoms with Crippen molar-refractivity contribution in [2.45, 2.75) is 32.1 Å². The van der Waals surface area contributed by atoms with E-state index < -0.39 is 0 Å². The molecule has 2 N–H and O–H groups in total. The van der Waals surface area contributed by atoms with E-state index >= 15 is 0 Å². The molecule has 0 saturated carbocycles. The van der Waals surface area contributed by atoms with Gasteiger partial charge in [0, 0.05) is 11.5 Å². The van der Waals surface area contributed by atoms with Gasteiger partial charge in [-0.15, -0.1) is 0 Å². The normalized spacial score (nSPS) is 18.2. The highest BCUT2D eigenvalue weighted by Gasteiger charge is 2.27. The summed E-state index contributed by atoms with van der Waals surface area (Å²) in [5.41, 5.74) is 7.44. The molecule has 0 saturated heterocycles. The summed E-state index contributed by atoms with van der Waals surface area (Å²) in [6.45, 7) is 2.14. The number of unbranched alkanes of at least 4 members (excludes halogenated alkanes) is 1. The number of rotatable bonds is 3. The molecule has 88 valence electrons. The van der Waals surface area contributed by atoms with E-state index in [0.29, 0.717) is 5.57 Å². The summed E-state index contributed by atoms with van der Waals surface area (Å²) < 4.78 is 5.48. The highest BCUT2D eigenvalue weighted by molar-refractivity contribution is 5.49. The number of fused-ring (bicyclic) bond motifs is 1. The molecule has 0 spiro atoms. The summed E-state index contributed by atoms with van der Waals surface area (Å²) in [7, 11) is 0. The minimum Gasteiger partial charge on any atom is -0.440 e. The summed E-state index contributed by atoms with van der Waals surface area (Å²) in [6, 6.07) is 9.98. The van der Waals surface area contributed by atoms with Crippen molar-refractivity contribution in [2.24, 2.45) is 5.73 Å². The first-order valence-electron chi connectivity index (χ1n) is 5.94. The molecule has 0 radical (unpaired) electrons. The average Bonchev–Trinajstić information content (AvgIpc) is 2.35. The molecule has 1 aromatic carbocycles. The van der Waals surface area contributed by atoms with Gasteiger partial charge in [0.05, 0.1) is 5.57 Å². The number of ether oxygens (including phenoxy) is 1. The van der Waals surface area contributed by atoms with Gasteiger partial charge in [-0.2, -0.15) is 5.26 Å². The van der Waals surface area contributed by atoms with E-state index in [0.717, 1.165) is 30.6 Å². The molecule has 0 aliphatic carbocycles. The van der Waals surface area contributed by atoms with E-state index in [1.54, 1.807) is 0 Å². The van der Waals surface area contributed by atoms with Gasteiger partial charge in [0.15, 0.2) is 0 Å². The number of nitrogens with two attached hydrogens (primary N) is 1. The lowest BCUT2D eigenvalue weighted by molar-refractivity contribution is 0.384. The van der Waals surface area contributed by atoms with Gasteiger partial charge >= 0.3 is 0 Å². The van der Waals surface area contributed by atoms with Crippen LogP contribution in [0.3, 0.4) is 0 Å². The van der Waals surface area contributed by atoms with E-state index in [2.05, 4.69) is 13.0 Å². The van der Waals surface area contributed by atoms with E-state index in [-0.39, 0.29) is 11.8 Å². The zero-order chi connectivity index (χ0) is 12.3. The summed E-state index contributed by atoms with van der Waals surface area (Å²) in [5.74, 6) is 1.13. The Bertz CT molecular complexity index is 485. The smallest absolute Gasteiger partial charge is 0.205 e. The first-order valence-corrected chi connectivity index (χ1v) is 5.94. The molecule has 0 fully saturated rings. The Balaban J connectivity index is 2.40. The number of nitriles is 1. The number of hydrogen-bond donors (Lipinski definition) is 1. The molecule has 0 bridgehead atoms. The van der Waals surface area contributed by atoms with Gasteiger partial charge in [0.25, 0.3) is 0 Å². The Morgan fingerprint density at radius 3 is 2.88 bits per heavy atom. The van der Waals surface area contributed by atoms with E-state index in [1.807, 2.05) is 24.3 Å². The van der Waals surface area contributed by atoms with Crippen LogP contribution < -0.4 is 10.5 Å². The fourth-order valence-corrected chi connectivity index (χ4v) is 2.20. The van der Waals surface area contributed by atoms with Crippen LogP contribution >= 0.6 is 0 Å². The van der Waals surface area contributed by atoms with Crippen LogP contribution in [0.4, 0.5) is 0 Å². The topological polar surface area (TPSA) is 59.0 Å². The second-order valence-electron chi connectivity index (χ2n) is 4.22. The van der Waals surface area contributed by atoms with Crippen molar-refractivity contribution in [1.82, 2.24) is 0 Å². The largest absolute Gasteiger partial charge is 0.440 e. The first-order chi connectivity index (χ1) is 8.27. The predicted octanol–water partition coefficient (Wildman–Crippen LogP) is 3.05. The van der Waals surface area contributed by atoms with Crippen molar-refractivity contribution in [3.63, 3.8) is 0 Å². The van der Waals surface area contributed by atoms with Gasteiger partial charge in [-0.25, -0.2) is 0 Å². The van der Waals surface area contributed by atoms with Gasteiger partial charge in [0.2, 0.25) is 5.88 Å². The molecule has 3 heteroatoms. The van der Waals surface area contributed by atoms with E-state index in [9.17, 15) is 5.26 Å². The van der Waals surface area contributed by atoms with Crippen molar-refractivity contribution >= 4 is 0 Å². The van der Waals surface area contributed by atoms with Crippen molar-refractivity contribution in [1.29, 1.82) is 5.26 Å². The third-order valence-corrected chi connectivity index (χ3v) is 3.10. The molecule has 3 nitrogen and oxygen atoms in total. The quantitative estimate of drug-likeness (QED) is 0.865. The minimum atomic E-state index is 0.0879. The molecular weight excluding hydrogens is 212 g/mol. The summed E-state index contributed by atoms with van der Waals surface area (Å²) >= 11 is 0. The summed E-state index contributed by atoms with van der Waals surface area (Å²) in [6.07, 6.45) is 3.13. The molecule has 1 aromatic rings. The van der Waals surface area contributed by atoms with Crippen LogP contribution in [0.5, 0.6) is 5.75 Å². The third-order valence-electron chi connectivity index (χ3n) is 3.10. The SMILES string of the molecule is CCCCC1C(C#N)=C(N)Oc2ccccc21. The van der Waals surface area contributed by atoms with Gasteiger partial charge in [-0.1, -0.05) is 38.0 Å². The molecule has 1 heterocycles. The molecule has 1 unspecified atom stereocenters. The van der Waals surface area contributed by atoms with Gasteiger partial charge < -0.3 is 10.5 Å². The van der Waals surface area contributed by atoms with Crippen LogP contribution in [0.2, 0.25) is 0 Å². The third kappa shape index (κ3) is 2.12. The standard InChI is InChI=1S/C14H16N2O/c1-2-3-6-10-11-7-4-5-8-13(11)17-14(16)12(10)9-15/h4-5,7-8,10H,2-3,6,16H2,1H3.